The van der Waals surface area contributed by atoms with Crippen LogP contribution < -0.4 is 15.8 Å². The molecule has 0 saturated heterocycles. The summed E-state index contributed by atoms with van der Waals surface area (Å²) >= 11 is 6.37. The van der Waals surface area contributed by atoms with Crippen molar-refractivity contribution in [2.45, 2.75) is 13.3 Å². The monoisotopic (exact) mass is 471 g/mol. The van der Waals surface area contributed by atoms with Gasteiger partial charge in [0.25, 0.3) is 5.56 Å². The van der Waals surface area contributed by atoms with Crippen LogP contribution in [0.15, 0.2) is 65.8 Å². The molecule has 34 heavy (non-hydrogen) atoms. The van der Waals surface area contributed by atoms with Crippen LogP contribution in [-0.2, 0) is 11.2 Å². The minimum Gasteiger partial charge on any atom is -0.324 e. The number of para-hydroxylation sites is 1. The molecule has 1 N–H and O–H groups in total. The lowest BCUT2D eigenvalue weighted by Crippen LogP contribution is -2.25. The summed E-state index contributed by atoms with van der Waals surface area (Å²) in [5.74, 6) is 0.727. The van der Waals surface area contributed by atoms with E-state index in [9.17, 15) is 9.59 Å². The minimum absolute atomic E-state index is 0.00940. The van der Waals surface area contributed by atoms with Gasteiger partial charge in [-0.25, -0.2) is 14.5 Å². The molecule has 1 amide bonds. The van der Waals surface area contributed by atoms with E-state index in [4.69, 9.17) is 11.6 Å². The molecule has 10 heteroatoms. The second-order valence-electron chi connectivity index (χ2n) is 8.01. The Kier molecular flexibility index (Phi) is 4.59. The molecule has 0 fully saturated rings. The van der Waals surface area contributed by atoms with Gasteiger partial charge in [-0.3, -0.25) is 14.0 Å². The predicted molar refractivity (Wildman–Crippen MR) is 130 cm³/mol. The minimum atomic E-state index is -0.317. The maximum Gasteiger partial charge on any atom is 0.270 e. The first-order chi connectivity index (χ1) is 16.5. The fourth-order valence-electron chi connectivity index (χ4n) is 4.37. The van der Waals surface area contributed by atoms with Crippen LogP contribution in [-0.4, -0.2) is 36.4 Å². The predicted octanol–water partition coefficient (Wildman–Crippen LogP) is 3.73. The molecule has 3 aromatic heterocycles. The van der Waals surface area contributed by atoms with Crippen molar-refractivity contribution >= 4 is 51.6 Å². The highest BCUT2D eigenvalue weighted by Crippen LogP contribution is 2.32. The fourth-order valence-corrected chi connectivity index (χ4v) is 4.59. The molecule has 0 radical (unpaired) electrons. The summed E-state index contributed by atoms with van der Waals surface area (Å²) in [7, 11) is 0. The van der Waals surface area contributed by atoms with Gasteiger partial charge in [0.05, 0.1) is 10.7 Å². The van der Waals surface area contributed by atoms with Crippen LogP contribution in [0.2, 0.25) is 5.02 Å². The van der Waals surface area contributed by atoms with Crippen LogP contribution in [0.1, 0.15) is 12.5 Å². The highest BCUT2D eigenvalue weighted by atomic mass is 35.5. The van der Waals surface area contributed by atoms with Gasteiger partial charge in [0.1, 0.15) is 5.39 Å². The Morgan fingerprint density at radius 1 is 1.12 bits per heavy atom. The SMILES string of the molecule is CC(=O)N1CCc2ccc(Nc3ncc4c(=O)n(-c5ccccc5Cl)c5nccn5c4n3)cc21. The van der Waals surface area contributed by atoms with Crippen molar-refractivity contribution in [3.05, 3.63) is 82.0 Å². The van der Waals surface area contributed by atoms with Gasteiger partial charge in [-0.15, -0.1) is 0 Å². The number of imidazole rings is 1. The number of benzene rings is 2. The lowest BCUT2D eigenvalue weighted by atomic mass is 10.1. The van der Waals surface area contributed by atoms with Crippen LogP contribution in [0.5, 0.6) is 0 Å². The van der Waals surface area contributed by atoms with E-state index in [-0.39, 0.29) is 11.5 Å². The van der Waals surface area contributed by atoms with E-state index in [1.807, 2.05) is 24.3 Å². The van der Waals surface area contributed by atoms with E-state index >= 15 is 0 Å². The zero-order chi connectivity index (χ0) is 23.4. The van der Waals surface area contributed by atoms with Gasteiger partial charge >= 0.3 is 0 Å². The van der Waals surface area contributed by atoms with Gasteiger partial charge in [0.2, 0.25) is 17.6 Å². The molecule has 1 aliphatic heterocycles. The number of fused-ring (bicyclic) bond motifs is 4. The second kappa shape index (κ2) is 7.67. The average Bonchev–Trinajstić information content (AvgIpc) is 3.47. The fraction of sp³-hybridized carbons (Fsp3) is 0.125. The van der Waals surface area contributed by atoms with Gasteiger partial charge in [-0.05, 0) is 36.2 Å². The Bertz CT molecular complexity index is 1670. The molecule has 0 atom stereocenters. The molecular weight excluding hydrogens is 454 g/mol. The Balaban J connectivity index is 1.46. The van der Waals surface area contributed by atoms with Crippen molar-refractivity contribution in [1.82, 2.24) is 23.9 Å². The van der Waals surface area contributed by atoms with Crippen LogP contribution in [0.25, 0.3) is 22.5 Å². The number of nitrogens with zero attached hydrogens (tertiary/aromatic N) is 6. The Morgan fingerprint density at radius 2 is 1.97 bits per heavy atom. The smallest absolute Gasteiger partial charge is 0.270 e. The van der Waals surface area contributed by atoms with E-state index in [1.54, 1.807) is 46.8 Å². The number of hydrogen-bond donors (Lipinski definition) is 1. The first-order valence-electron chi connectivity index (χ1n) is 10.7. The zero-order valence-electron chi connectivity index (χ0n) is 18.1. The van der Waals surface area contributed by atoms with Crippen LogP contribution in [0.3, 0.4) is 0 Å². The van der Waals surface area contributed by atoms with E-state index in [0.717, 1.165) is 23.4 Å². The summed E-state index contributed by atoms with van der Waals surface area (Å²) < 4.78 is 3.19. The van der Waals surface area contributed by atoms with Crippen molar-refractivity contribution < 1.29 is 4.79 Å². The number of anilines is 3. The largest absolute Gasteiger partial charge is 0.324 e. The first-order valence-corrected chi connectivity index (χ1v) is 11.1. The number of rotatable bonds is 3. The molecule has 0 bridgehead atoms. The Labute approximate surface area is 198 Å². The summed E-state index contributed by atoms with van der Waals surface area (Å²) in [5, 5.41) is 3.95. The van der Waals surface area contributed by atoms with E-state index in [1.165, 1.54) is 10.8 Å². The Hall–Kier alpha value is -4.24. The number of halogens is 1. The van der Waals surface area contributed by atoms with Crippen LogP contribution >= 0.6 is 11.6 Å². The molecule has 1 aliphatic rings. The van der Waals surface area contributed by atoms with Gasteiger partial charge in [-0.2, -0.15) is 4.98 Å². The second-order valence-corrected chi connectivity index (χ2v) is 8.42. The van der Waals surface area contributed by atoms with E-state index in [2.05, 4.69) is 20.3 Å². The molecule has 5 aromatic rings. The lowest BCUT2D eigenvalue weighted by molar-refractivity contribution is -0.116. The van der Waals surface area contributed by atoms with Crippen molar-refractivity contribution in [2.24, 2.45) is 0 Å². The van der Waals surface area contributed by atoms with Gasteiger partial charge in [0, 0.05) is 43.4 Å². The van der Waals surface area contributed by atoms with Crippen molar-refractivity contribution in [3.8, 4) is 5.69 Å². The Morgan fingerprint density at radius 3 is 2.79 bits per heavy atom. The molecule has 168 valence electrons. The number of carbonyl (C=O) groups is 1. The number of carbonyl (C=O) groups excluding carboxylic acids is 1. The molecule has 0 spiro atoms. The van der Waals surface area contributed by atoms with Crippen molar-refractivity contribution in [1.29, 1.82) is 0 Å². The number of nitrogens with one attached hydrogen (secondary N) is 1. The molecule has 0 unspecified atom stereocenters. The zero-order valence-corrected chi connectivity index (χ0v) is 18.8. The first kappa shape index (κ1) is 20.4. The summed E-state index contributed by atoms with van der Waals surface area (Å²) in [6, 6.07) is 12.9. The molecule has 0 aliphatic carbocycles. The summed E-state index contributed by atoms with van der Waals surface area (Å²) in [4.78, 5) is 40.5. The third kappa shape index (κ3) is 3.12. The summed E-state index contributed by atoms with van der Waals surface area (Å²) in [6.45, 7) is 2.24. The third-order valence-corrected chi connectivity index (χ3v) is 6.28. The average molecular weight is 472 g/mol. The summed E-state index contributed by atoms with van der Waals surface area (Å²) in [5.41, 5.74) is 3.39. The molecular formula is C24H18ClN7O2. The quantitative estimate of drug-likeness (QED) is 0.430. The highest BCUT2D eigenvalue weighted by molar-refractivity contribution is 6.32. The lowest BCUT2D eigenvalue weighted by Gasteiger charge is -2.16. The molecule has 0 saturated carbocycles. The van der Waals surface area contributed by atoms with E-state index in [0.29, 0.717) is 40.0 Å². The van der Waals surface area contributed by atoms with Crippen molar-refractivity contribution in [2.75, 3.05) is 16.8 Å². The van der Waals surface area contributed by atoms with Crippen molar-refractivity contribution in [3.63, 3.8) is 0 Å². The molecule has 4 heterocycles. The third-order valence-electron chi connectivity index (χ3n) is 5.96. The standard InChI is InChI=1S/C24H18ClN7O2/c1-14(33)30-10-8-15-6-7-16(12-20(15)30)28-23-27-13-17-21(29-23)31-11-9-26-24(31)32(22(17)34)19-5-3-2-4-18(19)25/h2-7,9,11-13H,8,10H2,1H3,(H,27,28,29). The molecule has 2 aromatic carbocycles. The topological polar surface area (TPSA) is 97.4 Å². The number of hydrogen-bond acceptors (Lipinski definition) is 6. The number of amides is 1. The van der Waals surface area contributed by atoms with Gasteiger partial charge in [-0.1, -0.05) is 29.8 Å². The molecule has 6 rings (SSSR count). The number of aromatic nitrogens is 5. The van der Waals surface area contributed by atoms with Crippen LogP contribution in [0.4, 0.5) is 17.3 Å². The highest BCUT2D eigenvalue weighted by Gasteiger charge is 2.22. The van der Waals surface area contributed by atoms with Gasteiger partial charge < -0.3 is 10.2 Å². The molecule has 9 nitrogen and oxygen atoms in total. The maximum atomic E-state index is 13.4. The maximum absolute atomic E-state index is 13.4. The van der Waals surface area contributed by atoms with Crippen LogP contribution in [0, 0.1) is 0 Å². The summed E-state index contributed by atoms with van der Waals surface area (Å²) in [6.07, 6.45) is 5.67. The normalized spacial score (nSPS) is 12.9. The van der Waals surface area contributed by atoms with E-state index < -0.39 is 0 Å². The van der Waals surface area contributed by atoms with Gasteiger partial charge in [0.15, 0.2) is 5.65 Å².